The fourth-order valence-electron chi connectivity index (χ4n) is 1.92. The van der Waals surface area contributed by atoms with E-state index in [9.17, 15) is 9.59 Å². The predicted octanol–water partition coefficient (Wildman–Crippen LogP) is 0.200. The van der Waals surface area contributed by atoms with Crippen molar-refractivity contribution in [2.24, 2.45) is 5.41 Å². The number of hydrogen-bond donors (Lipinski definition) is 3. The smallest absolute Gasteiger partial charge is 0.309 e. The van der Waals surface area contributed by atoms with E-state index in [2.05, 4.69) is 10.6 Å². The van der Waals surface area contributed by atoms with Gasteiger partial charge in [-0.05, 0) is 30.5 Å². The zero-order valence-corrected chi connectivity index (χ0v) is 12.0. The SMILES string of the molecule is COc1ccc(CNC(=O)C(=O)NCC2(CO)CC2)cc1. The van der Waals surface area contributed by atoms with Crippen LogP contribution in [-0.4, -0.2) is 37.2 Å². The number of rotatable bonds is 6. The molecule has 1 aliphatic carbocycles. The Labute approximate surface area is 123 Å². The second kappa shape index (κ2) is 6.58. The first-order chi connectivity index (χ1) is 10.1. The van der Waals surface area contributed by atoms with Gasteiger partial charge in [0.15, 0.2) is 0 Å². The number of carbonyl (C=O) groups excluding carboxylic acids is 2. The summed E-state index contributed by atoms with van der Waals surface area (Å²) in [5, 5.41) is 14.3. The van der Waals surface area contributed by atoms with Crippen LogP contribution in [0.1, 0.15) is 18.4 Å². The molecule has 1 aliphatic rings. The molecule has 0 saturated heterocycles. The molecular weight excluding hydrogens is 272 g/mol. The normalized spacial score (nSPS) is 15.1. The molecule has 0 bridgehead atoms. The van der Waals surface area contributed by atoms with Gasteiger partial charge in [-0.2, -0.15) is 0 Å². The van der Waals surface area contributed by atoms with Crippen LogP contribution >= 0.6 is 0 Å². The molecule has 0 unspecified atom stereocenters. The van der Waals surface area contributed by atoms with Crippen molar-refractivity contribution in [1.29, 1.82) is 0 Å². The molecule has 0 aliphatic heterocycles. The Bertz CT molecular complexity index is 509. The van der Waals surface area contributed by atoms with Crippen LogP contribution in [0.3, 0.4) is 0 Å². The second-order valence-electron chi connectivity index (χ2n) is 5.37. The van der Waals surface area contributed by atoms with E-state index < -0.39 is 11.8 Å². The maximum Gasteiger partial charge on any atom is 0.309 e. The van der Waals surface area contributed by atoms with Gasteiger partial charge >= 0.3 is 11.8 Å². The Morgan fingerprint density at radius 2 is 1.81 bits per heavy atom. The lowest BCUT2D eigenvalue weighted by Crippen LogP contribution is -2.42. The van der Waals surface area contributed by atoms with Crippen LogP contribution in [0.25, 0.3) is 0 Å². The summed E-state index contributed by atoms with van der Waals surface area (Å²) in [6.45, 7) is 0.667. The quantitative estimate of drug-likeness (QED) is 0.654. The van der Waals surface area contributed by atoms with Gasteiger partial charge in [0.1, 0.15) is 5.75 Å². The Morgan fingerprint density at radius 3 is 2.33 bits per heavy atom. The maximum absolute atomic E-state index is 11.7. The molecule has 3 N–H and O–H groups in total. The van der Waals surface area contributed by atoms with E-state index in [0.29, 0.717) is 6.54 Å². The lowest BCUT2D eigenvalue weighted by atomic mass is 10.1. The highest BCUT2D eigenvalue weighted by molar-refractivity contribution is 6.35. The molecule has 1 aromatic rings. The first-order valence-electron chi connectivity index (χ1n) is 6.88. The van der Waals surface area contributed by atoms with Gasteiger partial charge in [-0.15, -0.1) is 0 Å². The molecule has 6 nitrogen and oxygen atoms in total. The first kappa shape index (κ1) is 15.3. The first-order valence-corrected chi connectivity index (χ1v) is 6.88. The number of nitrogens with one attached hydrogen (secondary N) is 2. The van der Waals surface area contributed by atoms with E-state index in [1.54, 1.807) is 19.2 Å². The Morgan fingerprint density at radius 1 is 1.19 bits per heavy atom. The summed E-state index contributed by atoms with van der Waals surface area (Å²) in [6, 6.07) is 7.23. The minimum Gasteiger partial charge on any atom is -0.497 e. The maximum atomic E-state index is 11.7. The van der Waals surface area contributed by atoms with Crippen LogP contribution in [0.2, 0.25) is 0 Å². The van der Waals surface area contributed by atoms with E-state index >= 15 is 0 Å². The molecular formula is C15H20N2O4. The number of aliphatic hydroxyl groups is 1. The molecule has 1 saturated carbocycles. The molecule has 6 heteroatoms. The lowest BCUT2D eigenvalue weighted by Gasteiger charge is -2.12. The van der Waals surface area contributed by atoms with Gasteiger partial charge in [0.2, 0.25) is 0 Å². The molecule has 0 aromatic heterocycles. The van der Waals surface area contributed by atoms with Crippen molar-refractivity contribution in [2.45, 2.75) is 19.4 Å². The summed E-state index contributed by atoms with van der Waals surface area (Å²) in [4.78, 5) is 23.3. The van der Waals surface area contributed by atoms with Crippen molar-refractivity contribution in [3.05, 3.63) is 29.8 Å². The molecule has 0 atom stereocenters. The van der Waals surface area contributed by atoms with Crippen molar-refractivity contribution in [3.63, 3.8) is 0 Å². The number of aliphatic hydroxyl groups excluding tert-OH is 1. The minimum atomic E-state index is -0.667. The van der Waals surface area contributed by atoms with Crippen LogP contribution in [0.4, 0.5) is 0 Å². The third-order valence-electron chi connectivity index (χ3n) is 3.73. The lowest BCUT2D eigenvalue weighted by molar-refractivity contribution is -0.139. The van der Waals surface area contributed by atoms with Gasteiger partial charge in [0.05, 0.1) is 13.7 Å². The van der Waals surface area contributed by atoms with Gasteiger partial charge in [-0.25, -0.2) is 0 Å². The molecule has 21 heavy (non-hydrogen) atoms. The van der Waals surface area contributed by atoms with Gasteiger partial charge in [0.25, 0.3) is 0 Å². The molecule has 1 aromatic carbocycles. The molecule has 2 rings (SSSR count). The molecule has 0 radical (unpaired) electrons. The molecule has 1 fully saturated rings. The Kier molecular flexibility index (Phi) is 4.80. The number of methoxy groups -OCH3 is 1. The van der Waals surface area contributed by atoms with E-state index in [4.69, 9.17) is 9.84 Å². The average molecular weight is 292 g/mol. The second-order valence-corrected chi connectivity index (χ2v) is 5.37. The summed E-state index contributed by atoms with van der Waals surface area (Å²) in [7, 11) is 1.58. The third-order valence-corrected chi connectivity index (χ3v) is 3.73. The van der Waals surface area contributed by atoms with E-state index in [1.165, 1.54) is 0 Å². The van der Waals surface area contributed by atoms with Crippen LogP contribution in [0.15, 0.2) is 24.3 Å². The van der Waals surface area contributed by atoms with Crippen molar-refractivity contribution < 1.29 is 19.4 Å². The summed E-state index contributed by atoms with van der Waals surface area (Å²) in [6.07, 6.45) is 1.77. The van der Waals surface area contributed by atoms with Gasteiger partial charge in [-0.1, -0.05) is 12.1 Å². The Balaban J connectivity index is 1.74. The van der Waals surface area contributed by atoms with Crippen LogP contribution < -0.4 is 15.4 Å². The molecule has 114 valence electrons. The Hall–Kier alpha value is -2.08. The topological polar surface area (TPSA) is 87.7 Å². The number of ether oxygens (including phenoxy) is 1. The van der Waals surface area contributed by atoms with Crippen LogP contribution in [-0.2, 0) is 16.1 Å². The summed E-state index contributed by atoms with van der Waals surface area (Å²) in [5.74, 6) is -0.593. The van der Waals surface area contributed by atoms with E-state index in [0.717, 1.165) is 24.2 Å². The van der Waals surface area contributed by atoms with Crippen molar-refractivity contribution in [1.82, 2.24) is 10.6 Å². The number of carbonyl (C=O) groups is 2. The van der Waals surface area contributed by atoms with Crippen molar-refractivity contribution in [2.75, 3.05) is 20.3 Å². The average Bonchev–Trinajstić information content (AvgIpc) is 3.31. The van der Waals surface area contributed by atoms with Crippen LogP contribution in [0.5, 0.6) is 5.75 Å². The summed E-state index contributed by atoms with van der Waals surface area (Å²) < 4.78 is 5.04. The highest BCUT2D eigenvalue weighted by Gasteiger charge is 2.42. The molecule has 0 spiro atoms. The molecule has 2 amide bonds. The van der Waals surface area contributed by atoms with Crippen molar-refractivity contribution >= 4 is 11.8 Å². The zero-order chi connectivity index (χ0) is 15.3. The molecule has 0 heterocycles. The van der Waals surface area contributed by atoms with Crippen LogP contribution in [0, 0.1) is 5.41 Å². The third kappa shape index (κ3) is 4.19. The number of benzene rings is 1. The minimum absolute atomic E-state index is 0.0424. The highest BCUT2D eigenvalue weighted by Crippen LogP contribution is 2.44. The number of amides is 2. The van der Waals surface area contributed by atoms with E-state index in [1.807, 2.05) is 12.1 Å². The summed E-state index contributed by atoms with van der Waals surface area (Å²) >= 11 is 0. The highest BCUT2D eigenvalue weighted by atomic mass is 16.5. The monoisotopic (exact) mass is 292 g/mol. The van der Waals surface area contributed by atoms with Gasteiger partial charge in [0, 0.05) is 18.5 Å². The summed E-state index contributed by atoms with van der Waals surface area (Å²) in [5.41, 5.74) is 0.678. The van der Waals surface area contributed by atoms with E-state index in [-0.39, 0.29) is 18.6 Å². The fraction of sp³-hybridized carbons (Fsp3) is 0.467. The zero-order valence-electron chi connectivity index (χ0n) is 12.0. The predicted molar refractivity (Wildman–Crippen MR) is 76.6 cm³/mol. The van der Waals surface area contributed by atoms with Gasteiger partial charge in [-0.3, -0.25) is 9.59 Å². The van der Waals surface area contributed by atoms with Crippen molar-refractivity contribution in [3.8, 4) is 5.75 Å². The fourth-order valence-corrected chi connectivity index (χ4v) is 1.92. The largest absolute Gasteiger partial charge is 0.497 e. The standard InChI is InChI=1S/C15H20N2O4/c1-21-12-4-2-11(3-5-12)8-16-13(19)14(20)17-9-15(10-18)6-7-15/h2-5,18H,6-10H2,1H3,(H,16,19)(H,17,20). The van der Waals surface area contributed by atoms with Gasteiger partial charge < -0.3 is 20.5 Å². The number of hydrogen-bond acceptors (Lipinski definition) is 4.